The molecule has 6 heteroatoms. The third-order valence-electron chi connectivity index (χ3n) is 2.96. The Labute approximate surface area is 104 Å². The molecule has 0 saturated carbocycles. The summed E-state index contributed by atoms with van der Waals surface area (Å²) in [6.07, 6.45) is 3.07. The molecule has 18 heavy (non-hydrogen) atoms. The second-order valence-corrected chi connectivity index (χ2v) is 4.27. The summed E-state index contributed by atoms with van der Waals surface area (Å²) in [6, 6.07) is 3.40. The average molecular weight is 254 g/mol. The highest BCUT2D eigenvalue weighted by Crippen LogP contribution is 2.25. The number of hydrogen-bond donors (Lipinski definition) is 1. The molecule has 0 aromatic heterocycles. The molecule has 1 fully saturated rings. The number of nitrogens with one attached hydrogen (secondary N) is 1. The molecule has 0 bridgehead atoms. The number of ether oxygens (including phenoxy) is 1. The molecular formula is C12H15FN2O3. The summed E-state index contributed by atoms with van der Waals surface area (Å²) in [4.78, 5) is 10.3. The Morgan fingerprint density at radius 3 is 3.06 bits per heavy atom. The van der Waals surface area contributed by atoms with Crippen LogP contribution in [0.1, 0.15) is 19.3 Å². The summed E-state index contributed by atoms with van der Waals surface area (Å²) >= 11 is 0. The minimum Gasteiger partial charge on any atom is -0.379 e. The maximum Gasteiger partial charge on any atom is 0.292 e. The fourth-order valence-electron chi connectivity index (χ4n) is 2.05. The van der Waals surface area contributed by atoms with E-state index in [0.29, 0.717) is 6.54 Å². The fraction of sp³-hybridized carbons (Fsp3) is 0.500. The van der Waals surface area contributed by atoms with E-state index < -0.39 is 10.7 Å². The molecule has 1 N–H and O–H groups in total. The molecule has 0 aliphatic carbocycles. The van der Waals surface area contributed by atoms with Crippen molar-refractivity contribution in [3.05, 3.63) is 34.1 Å². The number of benzene rings is 1. The van der Waals surface area contributed by atoms with Gasteiger partial charge in [-0.1, -0.05) is 0 Å². The molecule has 1 heterocycles. The van der Waals surface area contributed by atoms with Crippen molar-refractivity contribution in [1.82, 2.24) is 0 Å². The highest BCUT2D eigenvalue weighted by molar-refractivity contribution is 5.61. The zero-order chi connectivity index (χ0) is 13.0. The van der Waals surface area contributed by atoms with Crippen LogP contribution in [0, 0.1) is 15.9 Å². The van der Waals surface area contributed by atoms with Crippen LogP contribution in [0.4, 0.5) is 15.8 Å². The van der Waals surface area contributed by atoms with Crippen molar-refractivity contribution in [1.29, 1.82) is 0 Å². The van der Waals surface area contributed by atoms with Crippen molar-refractivity contribution < 1.29 is 14.1 Å². The molecule has 1 aromatic carbocycles. The highest BCUT2D eigenvalue weighted by Gasteiger charge is 2.17. The van der Waals surface area contributed by atoms with Crippen molar-refractivity contribution in [2.45, 2.75) is 25.4 Å². The number of halogens is 1. The number of nitro benzene ring substituents is 1. The van der Waals surface area contributed by atoms with Crippen molar-refractivity contribution in [3.8, 4) is 0 Å². The third kappa shape index (κ3) is 3.16. The number of nitrogens with zero attached hydrogens (tertiary/aromatic N) is 1. The lowest BCUT2D eigenvalue weighted by molar-refractivity contribution is -0.384. The molecule has 1 aliphatic heterocycles. The van der Waals surface area contributed by atoms with Crippen LogP contribution in [-0.4, -0.2) is 24.2 Å². The van der Waals surface area contributed by atoms with E-state index in [1.54, 1.807) is 0 Å². The van der Waals surface area contributed by atoms with Crippen LogP contribution in [0.3, 0.4) is 0 Å². The first-order valence-electron chi connectivity index (χ1n) is 5.96. The van der Waals surface area contributed by atoms with Crippen LogP contribution in [0.25, 0.3) is 0 Å². The molecule has 1 saturated heterocycles. The monoisotopic (exact) mass is 254 g/mol. The van der Waals surface area contributed by atoms with Crippen molar-refractivity contribution in [3.63, 3.8) is 0 Å². The van der Waals surface area contributed by atoms with Crippen molar-refractivity contribution in [2.24, 2.45) is 0 Å². The summed E-state index contributed by atoms with van der Waals surface area (Å²) < 4.78 is 18.5. The molecule has 5 nitrogen and oxygen atoms in total. The van der Waals surface area contributed by atoms with Crippen molar-refractivity contribution in [2.75, 3.05) is 18.5 Å². The number of anilines is 1. The van der Waals surface area contributed by atoms with Gasteiger partial charge in [0.15, 0.2) is 0 Å². The lowest BCUT2D eigenvalue weighted by Gasteiger charge is -2.11. The first-order chi connectivity index (χ1) is 8.66. The SMILES string of the molecule is O=[N+]([O-])c1ccc(F)cc1NCCC1CCCO1. The largest absolute Gasteiger partial charge is 0.379 e. The van der Waals surface area contributed by atoms with Crippen LogP contribution in [0.5, 0.6) is 0 Å². The zero-order valence-corrected chi connectivity index (χ0v) is 9.89. The Kier molecular flexibility index (Phi) is 4.09. The predicted molar refractivity (Wildman–Crippen MR) is 65.1 cm³/mol. The Morgan fingerprint density at radius 2 is 2.39 bits per heavy atom. The third-order valence-corrected chi connectivity index (χ3v) is 2.96. The second kappa shape index (κ2) is 5.77. The van der Waals surface area contributed by atoms with Crippen LogP contribution in [-0.2, 0) is 4.74 Å². The predicted octanol–water partition coefficient (Wildman–Crippen LogP) is 2.71. The van der Waals surface area contributed by atoms with Gasteiger partial charge in [0.25, 0.3) is 5.69 Å². The van der Waals surface area contributed by atoms with Gasteiger partial charge in [-0.15, -0.1) is 0 Å². The van der Waals surface area contributed by atoms with E-state index in [1.165, 1.54) is 6.07 Å². The summed E-state index contributed by atoms with van der Waals surface area (Å²) in [5.74, 6) is -0.486. The summed E-state index contributed by atoms with van der Waals surface area (Å²) in [7, 11) is 0. The molecule has 1 aliphatic rings. The number of hydrogen-bond acceptors (Lipinski definition) is 4. The second-order valence-electron chi connectivity index (χ2n) is 4.27. The van der Waals surface area contributed by atoms with Crippen LogP contribution < -0.4 is 5.32 Å². The molecule has 2 rings (SSSR count). The van der Waals surface area contributed by atoms with Gasteiger partial charge >= 0.3 is 0 Å². The van der Waals surface area contributed by atoms with Gasteiger partial charge in [0.05, 0.1) is 11.0 Å². The number of rotatable bonds is 5. The molecule has 0 amide bonds. The summed E-state index contributed by atoms with van der Waals surface area (Å²) in [6.45, 7) is 1.32. The first-order valence-corrected chi connectivity index (χ1v) is 5.96. The fourth-order valence-corrected chi connectivity index (χ4v) is 2.05. The lowest BCUT2D eigenvalue weighted by Crippen LogP contribution is -2.13. The van der Waals surface area contributed by atoms with E-state index in [2.05, 4.69) is 5.32 Å². The number of nitro groups is 1. The molecule has 98 valence electrons. The zero-order valence-electron chi connectivity index (χ0n) is 9.89. The van der Waals surface area contributed by atoms with Crippen LogP contribution in [0.2, 0.25) is 0 Å². The van der Waals surface area contributed by atoms with E-state index in [4.69, 9.17) is 4.74 Å². The maximum absolute atomic E-state index is 13.1. The van der Waals surface area contributed by atoms with Gasteiger partial charge in [0.2, 0.25) is 0 Å². The smallest absolute Gasteiger partial charge is 0.292 e. The summed E-state index contributed by atoms with van der Waals surface area (Å²) in [5.41, 5.74) is 0.113. The van der Waals surface area contributed by atoms with E-state index >= 15 is 0 Å². The molecular weight excluding hydrogens is 239 g/mol. The van der Waals surface area contributed by atoms with E-state index in [1.807, 2.05) is 0 Å². The van der Waals surface area contributed by atoms with Gasteiger partial charge in [0.1, 0.15) is 11.5 Å². The molecule has 0 radical (unpaired) electrons. The first kappa shape index (κ1) is 12.8. The van der Waals surface area contributed by atoms with Gasteiger partial charge in [-0.2, -0.15) is 0 Å². The Balaban J connectivity index is 1.94. The highest BCUT2D eigenvalue weighted by atomic mass is 19.1. The lowest BCUT2D eigenvalue weighted by atomic mass is 10.2. The maximum atomic E-state index is 13.1. The normalized spacial score (nSPS) is 18.8. The Morgan fingerprint density at radius 1 is 1.56 bits per heavy atom. The van der Waals surface area contributed by atoms with Gasteiger partial charge in [-0.05, 0) is 25.3 Å². The van der Waals surface area contributed by atoms with Gasteiger partial charge in [-0.25, -0.2) is 4.39 Å². The molecule has 1 aromatic rings. The van der Waals surface area contributed by atoms with E-state index in [0.717, 1.165) is 38.0 Å². The Hall–Kier alpha value is -1.69. The van der Waals surface area contributed by atoms with Crippen molar-refractivity contribution >= 4 is 11.4 Å². The molecule has 1 atom stereocenters. The van der Waals surface area contributed by atoms with Gasteiger partial charge in [-0.3, -0.25) is 10.1 Å². The van der Waals surface area contributed by atoms with Crippen LogP contribution in [0.15, 0.2) is 18.2 Å². The van der Waals surface area contributed by atoms with Gasteiger partial charge < -0.3 is 10.1 Å². The molecule has 0 spiro atoms. The van der Waals surface area contributed by atoms with Crippen LogP contribution >= 0.6 is 0 Å². The average Bonchev–Trinajstić information content (AvgIpc) is 2.82. The van der Waals surface area contributed by atoms with E-state index in [9.17, 15) is 14.5 Å². The quantitative estimate of drug-likeness (QED) is 0.648. The topological polar surface area (TPSA) is 64.4 Å². The standard InChI is InChI=1S/C12H15FN2O3/c13-9-3-4-12(15(16)17)11(8-9)14-6-5-10-2-1-7-18-10/h3-4,8,10,14H,1-2,5-7H2. The minimum atomic E-state index is -0.520. The van der Waals surface area contributed by atoms with Gasteiger partial charge in [0, 0.05) is 25.3 Å². The minimum absolute atomic E-state index is 0.108. The van der Waals surface area contributed by atoms with E-state index in [-0.39, 0.29) is 17.5 Å². The Bertz CT molecular complexity index is 433. The molecule has 1 unspecified atom stereocenters. The summed E-state index contributed by atoms with van der Waals surface area (Å²) in [5, 5.41) is 13.7.